The maximum atomic E-state index is 14.1. The van der Waals surface area contributed by atoms with Gasteiger partial charge in [-0.25, -0.2) is 0 Å². The van der Waals surface area contributed by atoms with Gasteiger partial charge in [-0.1, -0.05) is 36.1 Å². The van der Waals surface area contributed by atoms with E-state index in [2.05, 4.69) is 11.8 Å². The van der Waals surface area contributed by atoms with Crippen molar-refractivity contribution in [1.82, 2.24) is 0 Å². The monoisotopic (exact) mass is 988 g/mol. The van der Waals surface area contributed by atoms with E-state index in [4.69, 9.17) is 4.55 Å². The maximum absolute atomic E-state index is 14.1. The number of hydrogen-bond acceptors (Lipinski definition) is 2. The molecule has 0 aromatic heterocycles. The number of alkyl halides is 25. The SMILES string of the molecule is O=S(=O)(O)C(F)(F)C(F)(F)C(F)(F)C(F)(F)C(F)(F)C(F)(F)CCCCc1ccc(C#Cc2ccc(CCCCC(F)(F)C(F)(F)C(F)(F)C(F)(F)C(F)(F)C(F)(F)F)cc2)cc1. The summed E-state index contributed by atoms with van der Waals surface area (Å²) < 4.78 is 366. The molecule has 0 saturated heterocycles. The molecular weight excluding hydrogens is 963 g/mol. The lowest BCUT2D eigenvalue weighted by atomic mass is 9.91. The lowest BCUT2D eigenvalue weighted by Gasteiger charge is -2.40. The summed E-state index contributed by atoms with van der Waals surface area (Å²) in [6.07, 6.45) is -16.4. The van der Waals surface area contributed by atoms with Crippen molar-refractivity contribution in [3.8, 4) is 11.8 Å². The number of rotatable bonds is 20. The van der Waals surface area contributed by atoms with E-state index >= 15 is 0 Å². The van der Waals surface area contributed by atoms with E-state index in [-0.39, 0.29) is 35.1 Å². The van der Waals surface area contributed by atoms with Crippen LogP contribution in [-0.2, 0) is 23.0 Å². The third-order valence-electron chi connectivity index (χ3n) is 9.00. The minimum atomic E-state index is -8.20. The number of benzene rings is 2. The van der Waals surface area contributed by atoms with Crippen LogP contribution in [0.25, 0.3) is 0 Å². The van der Waals surface area contributed by atoms with E-state index in [1.807, 2.05) is 0 Å². The molecule has 0 aliphatic carbocycles. The summed E-state index contributed by atoms with van der Waals surface area (Å²) in [4.78, 5) is 0. The molecule has 0 spiro atoms. The van der Waals surface area contributed by atoms with Crippen molar-refractivity contribution in [1.29, 1.82) is 0 Å². The van der Waals surface area contributed by atoms with Crippen LogP contribution in [0.2, 0.25) is 0 Å². The van der Waals surface area contributed by atoms with Gasteiger partial charge in [-0.15, -0.1) is 0 Å². The summed E-state index contributed by atoms with van der Waals surface area (Å²) in [5.74, 6) is -70.2. The van der Waals surface area contributed by atoms with Gasteiger partial charge < -0.3 is 0 Å². The third kappa shape index (κ3) is 9.89. The largest absolute Gasteiger partial charge is 0.460 e. The van der Waals surface area contributed by atoms with Crippen molar-refractivity contribution in [2.45, 2.75) is 122 Å². The van der Waals surface area contributed by atoms with Crippen LogP contribution in [0, 0.1) is 11.8 Å². The number of unbranched alkanes of at least 4 members (excludes halogenated alkanes) is 2. The van der Waals surface area contributed by atoms with Crippen molar-refractivity contribution in [3.05, 3.63) is 70.8 Å². The van der Waals surface area contributed by atoms with E-state index in [0.717, 1.165) is 0 Å². The fraction of sp³-hybridized carbons (Fsp3) is 0.588. The van der Waals surface area contributed by atoms with Crippen LogP contribution in [0.1, 0.15) is 60.8 Å². The second kappa shape index (κ2) is 17.5. The molecule has 3 nitrogen and oxygen atoms in total. The lowest BCUT2D eigenvalue weighted by molar-refractivity contribution is -0.440. The molecule has 0 aliphatic rings. The topological polar surface area (TPSA) is 54.4 Å². The molecule has 0 atom stereocenters. The Morgan fingerprint density at radius 1 is 0.381 bits per heavy atom. The Bertz CT molecular complexity index is 2050. The van der Waals surface area contributed by atoms with Crippen LogP contribution in [0.15, 0.2) is 48.5 Å². The molecular formula is C34H25F25O3S. The van der Waals surface area contributed by atoms with Crippen molar-refractivity contribution in [3.63, 3.8) is 0 Å². The Morgan fingerprint density at radius 3 is 0.921 bits per heavy atom. The van der Waals surface area contributed by atoms with Crippen LogP contribution in [-0.4, -0.2) is 83.6 Å². The average molecular weight is 989 g/mol. The molecule has 2 aromatic carbocycles. The van der Waals surface area contributed by atoms with Gasteiger partial charge in [0.15, 0.2) is 0 Å². The average Bonchev–Trinajstić information content (AvgIpc) is 3.13. The Labute approximate surface area is 337 Å². The number of aryl methyl sites for hydroxylation is 2. The first-order chi connectivity index (χ1) is 27.9. The highest BCUT2D eigenvalue weighted by atomic mass is 32.2. The molecule has 29 heteroatoms. The Morgan fingerprint density at radius 2 is 0.651 bits per heavy atom. The van der Waals surface area contributed by atoms with Crippen LogP contribution in [0.5, 0.6) is 0 Å². The van der Waals surface area contributed by atoms with Crippen molar-refractivity contribution in [2.24, 2.45) is 0 Å². The van der Waals surface area contributed by atoms with Crippen molar-refractivity contribution in [2.75, 3.05) is 0 Å². The van der Waals surface area contributed by atoms with Gasteiger partial charge in [-0.3, -0.25) is 4.55 Å². The Hall–Kier alpha value is -3.84. The fourth-order valence-corrected chi connectivity index (χ4v) is 5.54. The van der Waals surface area contributed by atoms with Crippen LogP contribution in [0.3, 0.4) is 0 Å². The summed E-state index contributed by atoms with van der Waals surface area (Å²) >= 11 is 0. The van der Waals surface area contributed by atoms with Gasteiger partial charge in [-0.2, -0.15) is 118 Å². The van der Waals surface area contributed by atoms with Gasteiger partial charge >= 0.3 is 80.8 Å². The molecule has 0 aliphatic heterocycles. The summed E-state index contributed by atoms with van der Waals surface area (Å²) in [5, 5.41) is -7.55. The lowest BCUT2D eigenvalue weighted by Crippen LogP contribution is -2.71. The van der Waals surface area contributed by atoms with E-state index in [9.17, 15) is 118 Å². The molecule has 2 aromatic rings. The van der Waals surface area contributed by atoms with Crippen molar-refractivity contribution < 1.29 is 123 Å². The van der Waals surface area contributed by atoms with Gasteiger partial charge in [-0.05, 0) is 73.9 Å². The molecule has 0 heterocycles. The quantitative estimate of drug-likeness (QED) is 0.0622. The Kier molecular flexibility index (Phi) is 15.4. The molecule has 360 valence electrons. The predicted octanol–water partition coefficient (Wildman–Crippen LogP) is 12.9. The van der Waals surface area contributed by atoms with Crippen LogP contribution < -0.4 is 0 Å². The Balaban J connectivity index is 1.99. The summed E-state index contributed by atoms with van der Waals surface area (Å²) in [5.41, 5.74) is 0.915. The highest BCUT2D eigenvalue weighted by molar-refractivity contribution is 7.87. The second-order valence-electron chi connectivity index (χ2n) is 13.6. The molecule has 63 heavy (non-hydrogen) atoms. The van der Waals surface area contributed by atoms with Gasteiger partial charge in [0, 0.05) is 24.0 Å². The first-order valence-electron chi connectivity index (χ1n) is 16.8. The minimum Gasteiger partial charge on any atom is -0.281 e. The fourth-order valence-electron chi connectivity index (χ4n) is 5.09. The predicted molar refractivity (Wildman–Crippen MR) is 166 cm³/mol. The molecule has 0 saturated carbocycles. The van der Waals surface area contributed by atoms with E-state index in [1.165, 1.54) is 48.5 Å². The van der Waals surface area contributed by atoms with Crippen molar-refractivity contribution >= 4 is 10.1 Å². The number of halogens is 25. The first-order valence-corrected chi connectivity index (χ1v) is 18.2. The van der Waals surface area contributed by atoms with Gasteiger partial charge in [0.25, 0.3) is 0 Å². The molecule has 1 N–H and O–H groups in total. The molecule has 2 rings (SSSR count). The minimum absolute atomic E-state index is 0.219. The first kappa shape index (κ1) is 55.3. The van der Waals surface area contributed by atoms with E-state index < -0.39 is 119 Å². The van der Waals surface area contributed by atoms with Gasteiger partial charge in [0.1, 0.15) is 0 Å². The van der Waals surface area contributed by atoms with E-state index in [1.54, 1.807) is 0 Å². The molecule has 0 fully saturated rings. The second-order valence-corrected chi connectivity index (χ2v) is 15.0. The summed E-state index contributed by atoms with van der Waals surface area (Å²) in [6, 6.07) is 10.2. The van der Waals surface area contributed by atoms with Crippen LogP contribution in [0.4, 0.5) is 110 Å². The highest BCUT2D eigenvalue weighted by Crippen LogP contribution is 2.62. The highest BCUT2D eigenvalue weighted by Gasteiger charge is 2.92. The molecule has 0 unspecified atom stereocenters. The maximum Gasteiger partial charge on any atom is 0.460 e. The normalized spacial score (nSPS) is 15.0. The zero-order valence-electron chi connectivity index (χ0n) is 30.4. The van der Waals surface area contributed by atoms with Crippen LogP contribution >= 0.6 is 0 Å². The zero-order chi connectivity index (χ0) is 49.5. The smallest absolute Gasteiger partial charge is 0.281 e. The summed E-state index contributed by atoms with van der Waals surface area (Å²) in [7, 11) is -7.70. The third-order valence-corrected chi connectivity index (χ3v) is 9.91. The molecule has 0 amide bonds. The van der Waals surface area contributed by atoms with Gasteiger partial charge in [0.2, 0.25) is 0 Å². The number of hydrogen-bond donors (Lipinski definition) is 1. The summed E-state index contributed by atoms with van der Waals surface area (Å²) in [6.45, 7) is 0. The van der Waals surface area contributed by atoms with E-state index in [0.29, 0.717) is 0 Å². The molecule has 0 bridgehead atoms. The standard InChI is InChI=1S/C34H25F25O3S/c35-23(36,25(39,40)27(43,44)29(47,48)31(51,52)33(55,56)57)17-3-1-5-19-7-11-21(12-8-19)15-16-22-13-9-20(10-14-22)6-2-4-18-24(37,38)26(41,42)28(45,46)30(49,50)32(53,54)34(58,59)63(60,61)62/h7-14H,1-6,17-18H2,(H,60,61,62). The molecule has 0 radical (unpaired) electrons. The zero-order valence-corrected chi connectivity index (χ0v) is 31.2. The van der Waals surface area contributed by atoms with Gasteiger partial charge in [0.05, 0.1) is 0 Å².